The van der Waals surface area contributed by atoms with E-state index in [9.17, 15) is 28.2 Å². The van der Waals surface area contributed by atoms with E-state index >= 15 is 0 Å². The van der Waals surface area contributed by atoms with E-state index in [2.05, 4.69) is 9.73 Å². The van der Waals surface area contributed by atoms with E-state index < -0.39 is 34.7 Å². The number of nitrogens with zero attached hydrogens (tertiary/aromatic N) is 1. The first-order valence-electron chi connectivity index (χ1n) is 8.92. The molecule has 0 aromatic heterocycles. The van der Waals surface area contributed by atoms with Crippen molar-refractivity contribution in [3.63, 3.8) is 0 Å². The molecular weight excluding hydrogens is 387 g/mol. The van der Waals surface area contributed by atoms with Gasteiger partial charge < -0.3 is 14.9 Å². The third-order valence-corrected chi connectivity index (χ3v) is 5.16. The van der Waals surface area contributed by atoms with Crippen molar-refractivity contribution >= 4 is 11.7 Å². The van der Waals surface area contributed by atoms with Gasteiger partial charge in [-0.25, -0.2) is 0 Å². The van der Waals surface area contributed by atoms with Crippen molar-refractivity contribution < 1.29 is 32.9 Å². The summed E-state index contributed by atoms with van der Waals surface area (Å²) in [4.78, 5) is 16.5. The molecule has 8 heteroatoms. The highest BCUT2D eigenvalue weighted by Gasteiger charge is 2.52. The van der Waals surface area contributed by atoms with Crippen LogP contribution in [0.25, 0.3) is 0 Å². The summed E-state index contributed by atoms with van der Waals surface area (Å²) < 4.78 is 41.3. The Labute approximate surface area is 165 Å². The number of benzene rings is 1. The molecule has 2 N–H and O–H groups in total. The van der Waals surface area contributed by atoms with Crippen molar-refractivity contribution in [1.29, 1.82) is 0 Å². The number of aryl methyl sites for hydroxylation is 1. The zero-order valence-electron chi connectivity index (χ0n) is 15.8. The number of hydrogen-bond donors (Lipinski definition) is 2. The summed E-state index contributed by atoms with van der Waals surface area (Å²) in [6, 6.07) is 3.78. The van der Waals surface area contributed by atoms with Crippen LogP contribution in [0.15, 0.2) is 59.3 Å². The lowest BCUT2D eigenvalue weighted by molar-refractivity contribution is -0.275. The van der Waals surface area contributed by atoms with Gasteiger partial charge in [0, 0.05) is 17.3 Å². The Balaban J connectivity index is 1.81. The number of aliphatic imine (C=N–C) groups is 1. The maximum Gasteiger partial charge on any atom is 0.573 e. The standard InChI is InChI=1S/C21H20F3NO4/c1-19(2,17-20(18(27)28)9-4-3-5-14(20)12-25-17)10-8-13-6-7-15(26)16(11-13)29-21(22,23)24/h3-7,9,11-12,26H,8,10H2,1-2H3,(H,27,28). The van der Waals surface area contributed by atoms with E-state index in [1.54, 1.807) is 30.5 Å². The van der Waals surface area contributed by atoms with E-state index in [4.69, 9.17) is 0 Å². The van der Waals surface area contributed by atoms with E-state index in [-0.39, 0.29) is 0 Å². The van der Waals surface area contributed by atoms with Crippen molar-refractivity contribution in [2.24, 2.45) is 15.8 Å². The molecule has 1 aromatic rings. The molecule has 1 heterocycles. The van der Waals surface area contributed by atoms with E-state index in [1.165, 1.54) is 6.07 Å². The highest BCUT2D eigenvalue weighted by molar-refractivity contribution is 6.16. The highest BCUT2D eigenvalue weighted by Crippen LogP contribution is 2.46. The SMILES string of the molecule is CC(C)(CCc1ccc(O)c(OC(F)(F)F)c1)C1=NC=C2C=CC=CC21C(=O)O. The van der Waals surface area contributed by atoms with E-state index in [1.807, 2.05) is 13.8 Å². The number of ether oxygens (including phenoxy) is 1. The molecule has 29 heavy (non-hydrogen) atoms. The van der Waals surface area contributed by atoms with Gasteiger partial charge in [-0.2, -0.15) is 0 Å². The second-order valence-electron chi connectivity index (χ2n) is 7.63. The molecule has 1 aliphatic heterocycles. The largest absolute Gasteiger partial charge is 0.573 e. The monoisotopic (exact) mass is 407 g/mol. The molecule has 0 bridgehead atoms. The fraction of sp³-hybridized carbons (Fsp3) is 0.333. The average molecular weight is 407 g/mol. The summed E-state index contributed by atoms with van der Waals surface area (Å²) in [5.41, 5.74) is -0.433. The molecule has 0 radical (unpaired) electrons. The van der Waals surface area contributed by atoms with Crippen molar-refractivity contribution in [3.8, 4) is 11.5 Å². The molecule has 3 rings (SSSR count). The number of alkyl halides is 3. The Kier molecular flexibility index (Phi) is 5.06. The van der Waals surface area contributed by atoms with Crippen molar-refractivity contribution in [2.45, 2.75) is 33.1 Å². The summed E-state index contributed by atoms with van der Waals surface area (Å²) in [5, 5.41) is 19.5. The zero-order chi connectivity index (χ0) is 21.4. The lowest BCUT2D eigenvalue weighted by Crippen LogP contribution is -2.45. The van der Waals surface area contributed by atoms with Crippen LogP contribution in [-0.2, 0) is 11.2 Å². The fourth-order valence-electron chi connectivity index (χ4n) is 3.68. The highest BCUT2D eigenvalue weighted by atomic mass is 19.4. The molecule has 0 spiro atoms. The number of hydrogen-bond acceptors (Lipinski definition) is 4. The number of allylic oxidation sites excluding steroid dienone is 3. The Morgan fingerprint density at radius 2 is 1.97 bits per heavy atom. The van der Waals surface area contributed by atoms with Crippen LogP contribution in [0.4, 0.5) is 13.2 Å². The first-order valence-corrected chi connectivity index (χ1v) is 8.92. The average Bonchev–Trinajstić information content (AvgIpc) is 3.03. The van der Waals surface area contributed by atoms with Crippen LogP contribution in [0.3, 0.4) is 0 Å². The number of aliphatic carboxylic acids is 1. The number of carboxylic acids is 1. The first kappa shape index (κ1) is 20.7. The molecule has 0 saturated heterocycles. The lowest BCUT2D eigenvalue weighted by Gasteiger charge is -2.36. The van der Waals surface area contributed by atoms with Gasteiger partial charge in [-0.15, -0.1) is 13.2 Å². The van der Waals surface area contributed by atoms with Gasteiger partial charge in [0.05, 0.1) is 0 Å². The van der Waals surface area contributed by atoms with Crippen LogP contribution in [-0.4, -0.2) is 28.3 Å². The van der Waals surface area contributed by atoms with Gasteiger partial charge >= 0.3 is 12.3 Å². The van der Waals surface area contributed by atoms with Gasteiger partial charge in [0.15, 0.2) is 16.9 Å². The summed E-state index contributed by atoms with van der Waals surface area (Å²) in [6.07, 6.45) is 4.12. The van der Waals surface area contributed by atoms with Crippen molar-refractivity contribution in [3.05, 3.63) is 59.8 Å². The molecule has 1 atom stereocenters. The molecular formula is C21H20F3NO4. The van der Waals surface area contributed by atoms with Gasteiger partial charge in [0.25, 0.3) is 0 Å². The van der Waals surface area contributed by atoms with Crippen LogP contribution < -0.4 is 4.74 Å². The van der Waals surface area contributed by atoms with Crippen molar-refractivity contribution in [1.82, 2.24) is 0 Å². The van der Waals surface area contributed by atoms with Gasteiger partial charge in [-0.1, -0.05) is 44.2 Å². The van der Waals surface area contributed by atoms with Gasteiger partial charge in [0.1, 0.15) is 0 Å². The number of halogens is 3. The summed E-state index contributed by atoms with van der Waals surface area (Å²) >= 11 is 0. The minimum Gasteiger partial charge on any atom is -0.504 e. The predicted octanol–water partition coefficient (Wildman–Crippen LogP) is 4.79. The van der Waals surface area contributed by atoms with Gasteiger partial charge in [0.2, 0.25) is 0 Å². The Morgan fingerprint density at radius 1 is 1.24 bits per heavy atom. The van der Waals surface area contributed by atoms with Crippen LogP contribution in [0, 0.1) is 10.8 Å². The summed E-state index contributed by atoms with van der Waals surface area (Å²) in [7, 11) is 0. The Hall–Kier alpha value is -3.03. The Morgan fingerprint density at radius 3 is 2.62 bits per heavy atom. The fourth-order valence-corrected chi connectivity index (χ4v) is 3.68. The molecule has 5 nitrogen and oxygen atoms in total. The topological polar surface area (TPSA) is 79.1 Å². The summed E-state index contributed by atoms with van der Waals surface area (Å²) in [6.45, 7) is 3.71. The second kappa shape index (κ2) is 7.09. The van der Waals surface area contributed by atoms with Gasteiger partial charge in [-0.05, 0) is 36.1 Å². The molecule has 154 valence electrons. The first-order chi connectivity index (χ1) is 13.5. The summed E-state index contributed by atoms with van der Waals surface area (Å²) in [5.74, 6) is -2.31. The third-order valence-electron chi connectivity index (χ3n) is 5.16. The van der Waals surface area contributed by atoms with E-state index in [0.29, 0.717) is 29.7 Å². The molecule has 0 amide bonds. The number of rotatable bonds is 6. The minimum atomic E-state index is -4.91. The maximum absolute atomic E-state index is 12.5. The molecule has 1 aliphatic carbocycles. The molecule has 0 saturated carbocycles. The van der Waals surface area contributed by atoms with Gasteiger partial charge in [-0.3, -0.25) is 9.79 Å². The lowest BCUT2D eigenvalue weighted by atomic mass is 9.65. The predicted molar refractivity (Wildman–Crippen MR) is 101 cm³/mol. The van der Waals surface area contributed by atoms with Crippen LogP contribution in [0.2, 0.25) is 0 Å². The van der Waals surface area contributed by atoms with Crippen molar-refractivity contribution in [2.75, 3.05) is 0 Å². The molecule has 1 aromatic carbocycles. The number of carboxylic acid groups (broad SMARTS) is 1. The normalized spacial score (nSPS) is 20.9. The number of fused-ring (bicyclic) bond motifs is 1. The maximum atomic E-state index is 12.5. The van der Waals surface area contributed by atoms with E-state index in [0.717, 1.165) is 12.1 Å². The number of carbonyl (C=O) groups is 1. The smallest absolute Gasteiger partial charge is 0.504 e. The molecule has 0 fully saturated rings. The number of phenolic OH excluding ortho intramolecular Hbond substituents is 1. The number of aromatic hydroxyl groups is 1. The second-order valence-corrected chi connectivity index (χ2v) is 7.63. The number of phenols is 1. The quantitative estimate of drug-likeness (QED) is 0.711. The van der Waals surface area contributed by atoms with Crippen LogP contribution >= 0.6 is 0 Å². The third kappa shape index (κ3) is 3.92. The zero-order valence-corrected chi connectivity index (χ0v) is 15.8. The van der Waals surface area contributed by atoms with Crippen LogP contribution in [0.1, 0.15) is 25.8 Å². The minimum absolute atomic E-state index is 0.338. The van der Waals surface area contributed by atoms with Crippen LogP contribution in [0.5, 0.6) is 11.5 Å². The molecule has 1 unspecified atom stereocenters. The molecule has 2 aliphatic rings. The Bertz CT molecular complexity index is 957.